The quantitative estimate of drug-likeness (QED) is 0.616. The molecule has 6 heteroatoms. The normalized spacial score (nSPS) is 11.0. The van der Waals surface area contributed by atoms with Crippen molar-refractivity contribution in [1.82, 2.24) is 9.88 Å². The molecule has 0 aliphatic rings. The van der Waals surface area contributed by atoms with Gasteiger partial charge in [0.2, 0.25) is 0 Å². The average molecular weight is 360 g/mol. The molecular weight excluding hydrogens is 342 g/mol. The zero-order valence-corrected chi connectivity index (χ0v) is 14.6. The Labute approximate surface area is 149 Å². The molecule has 0 N–H and O–H groups in total. The summed E-state index contributed by atoms with van der Waals surface area (Å²) in [6, 6.07) is 12.3. The van der Waals surface area contributed by atoms with E-state index in [1.807, 2.05) is 12.4 Å². The van der Waals surface area contributed by atoms with Crippen molar-refractivity contribution in [1.29, 1.82) is 0 Å². The lowest BCUT2D eigenvalue weighted by Crippen LogP contribution is -2.24. The fraction of sp³-hybridized carbons (Fsp3) is 0.211. The van der Waals surface area contributed by atoms with E-state index in [2.05, 4.69) is 9.88 Å². The molecule has 0 fully saturated rings. The molecule has 0 amide bonds. The average Bonchev–Trinajstić information content (AvgIpc) is 3.06. The number of benzene rings is 2. The van der Waals surface area contributed by atoms with Gasteiger partial charge in [-0.05, 0) is 55.6 Å². The Morgan fingerprint density at radius 1 is 1.00 bits per heavy atom. The van der Waals surface area contributed by atoms with Crippen LogP contribution in [0, 0.1) is 11.6 Å². The topological polar surface area (TPSA) is 25.4 Å². The zero-order valence-electron chi connectivity index (χ0n) is 13.8. The van der Waals surface area contributed by atoms with Gasteiger partial charge in [0.05, 0.1) is 5.69 Å². The van der Waals surface area contributed by atoms with Gasteiger partial charge in [0.25, 0.3) is 0 Å². The lowest BCUT2D eigenvalue weighted by atomic mass is 10.2. The molecule has 130 valence electrons. The molecule has 3 aromatic rings. The molecule has 2 aromatic carbocycles. The third kappa shape index (κ3) is 5.08. The van der Waals surface area contributed by atoms with Crippen LogP contribution < -0.4 is 4.74 Å². The number of rotatable bonds is 7. The second-order valence-electron chi connectivity index (χ2n) is 5.69. The minimum absolute atomic E-state index is 0.249. The predicted octanol–water partition coefficient (Wildman–Crippen LogP) is 4.60. The van der Waals surface area contributed by atoms with Crippen molar-refractivity contribution in [2.24, 2.45) is 0 Å². The van der Waals surface area contributed by atoms with E-state index in [1.54, 1.807) is 35.6 Å². The lowest BCUT2D eigenvalue weighted by Gasteiger charge is -2.15. The van der Waals surface area contributed by atoms with Gasteiger partial charge in [-0.15, -0.1) is 11.3 Å². The molecule has 3 nitrogen and oxygen atoms in total. The van der Waals surface area contributed by atoms with Crippen LogP contribution in [0.5, 0.6) is 5.75 Å². The van der Waals surface area contributed by atoms with Gasteiger partial charge in [-0.3, -0.25) is 4.90 Å². The molecule has 0 aliphatic carbocycles. The second-order valence-corrected chi connectivity index (χ2v) is 6.55. The highest BCUT2D eigenvalue weighted by atomic mass is 32.1. The molecule has 1 heterocycles. The standard InChI is InChI=1S/C19H18F2N2OS/c1-23(10-11-24-18-8-6-16(21)7-9-18)12-17-13-25-19(22-17)14-2-4-15(20)5-3-14/h2-9,13H,10-12H2,1H3. The summed E-state index contributed by atoms with van der Waals surface area (Å²) in [5.74, 6) is 0.133. The Kier molecular flexibility index (Phi) is 5.73. The Balaban J connectivity index is 1.48. The number of thiazole rings is 1. The maximum atomic E-state index is 13.0. The summed E-state index contributed by atoms with van der Waals surface area (Å²) >= 11 is 1.55. The van der Waals surface area contributed by atoms with E-state index in [9.17, 15) is 8.78 Å². The highest BCUT2D eigenvalue weighted by Gasteiger charge is 2.08. The van der Waals surface area contributed by atoms with Crippen molar-refractivity contribution in [3.8, 4) is 16.3 Å². The Bertz CT molecular complexity index is 803. The number of aromatic nitrogens is 1. The largest absolute Gasteiger partial charge is 0.492 e. The highest BCUT2D eigenvalue weighted by molar-refractivity contribution is 7.13. The Hall–Kier alpha value is -2.31. The Morgan fingerprint density at radius 3 is 2.32 bits per heavy atom. The van der Waals surface area contributed by atoms with Crippen molar-refractivity contribution >= 4 is 11.3 Å². The molecule has 0 atom stereocenters. The third-order valence-electron chi connectivity index (χ3n) is 3.63. The number of likely N-dealkylation sites (N-methyl/N-ethyl adjacent to an activating group) is 1. The van der Waals surface area contributed by atoms with E-state index < -0.39 is 0 Å². The molecule has 1 aromatic heterocycles. The van der Waals surface area contributed by atoms with Crippen LogP contribution in [0.1, 0.15) is 5.69 Å². The summed E-state index contributed by atoms with van der Waals surface area (Å²) in [4.78, 5) is 6.70. The van der Waals surface area contributed by atoms with Gasteiger partial charge < -0.3 is 4.74 Å². The van der Waals surface area contributed by atoms with Gasteiger partial charge >= 0.3 is 0 Å². The van der Waals surface area contributed by atoms with E-state index in [0.717, 1.165) is 22.8 Å². The van der Waals surface area contributed by atoms with Gasteiger partial charge in [-0.2, -0.15) is 0 Å². The van der Waals surface area contributed by atoms with E-state index in [0.29, 0.717) is 18.9 Å². The maximum Gasteiger partial charge on any atom is 0.123 e. The van der Waals surface area contributed by atoms with Crippen LogP contribution in [0.2, 0.25) is 0 Å². The van der Waals surface area contributed by atoms with Crippen LogP contribution in [0.25, 0.3) is 10.6 Å². The van der Waals surface area contributed by atoms with Crippen LogP contribution in [0.3, 0.4) is 0 Å². The molecule has 3 rings (SSSR count). The molecule has 0 radical (unpaired) electrons. The number of hydrogen-bond donors (Lipinski definition) is 0. The van der Waals surface area contributed by atoms with Crippen LogP contribution in [0.4, 0.5) is 8.78 Å². The first-order chi connectivity index (χ1) is 12.1. The molecule has 0 saturated carbocycles. The summed E-state index contributed by atoms with van der Waals surface area (Å²) in [5, 5.41) is 2.89. The molecule has 0 unspecified atom stereocenters. The smallest absolute Gasteiger partial charge is 0.123 e. The van der Waals surface area contributed by atoms with Gasteiger partial charge in [0.1, 0.15) is 29.0 Å². The second kappa shape index (κ2) is 8.18. The fourth-order valence-electron chi connectivity index (χ4n) is 2.31. The number of nitrogens with zero attached hydrogens (tertiary/aromatic N) is 2. The molecule has 0 spiro atoms. The first-order valence-corrected chi connectivity index (χ1v) is 8.75. The minimum atomic E-state index is -0.273. The van der Waals surface area contributed by atoms with Crippen LogP contribution in [-0.4, -0.2) is 30.1 Å². The van der Waals surface area contributed by atoms with Crippen molar-refractivity contribution in [2.45, 2.75) is 6.54 Å². The number of ether oxygens (including phenoxy) is 1. The van der Waals surface area contributed by atoms with Crippen LogP contribution >= 0.6 is 11.3 Å². The first-order valence-electron chi connectivity index (χ1n) is 7.87. The van der Waals surface area contributed by atoms with E-state index in [4.69, 9.17) is 4.74 Å². The van der Waals surface area contributed by atoms with Crippen LogP contribution in [-0.2, 0) is 6.54 Å². The first kappa shape index (κ1) is 17.5. The Morgan fingerprint density at radius 2 is 1.64 bits per heavy atom. The number of hydrogen-bond acceptors (Lipinski definition) is 4. The summed E-state index contributed by atoms with van der Waals surface area (Å²) in [5.41, 5.74) is 1.88. The van der Waals surface area contributed by atoms with Gasteiger partial charge in [0, 0.05) is 24.0 Å². The summed E-state index contributed by atoms with van der Waals surface area (Å²) in [6.07, 6.45) is 0. The fourth-order valence-corrected chi connectivity index (χ4v) is 3.13. The van der Waals surface area contributed by atoms with E-state index in [-0.39, 0.29) is 11.6 Å². The predicted molar refractivity (Wildman–Crippen MR) is 95.7 cm³/mol. The van der Waals surface area contributed by atoms with Crippen molar-refractivity contribution < 1.29 is 13.5 Å². The molecule has 25 heavy (non-hydrogen) atoms. The molecular formula is C19H18F2N2OS. The van der Waals surface area contributed by atoms with E-state index >= 15 is 0 Å². The van der Waals surface area contributed by atoms with Crippen molar-refractivity contribution in [3.63, 3.8) is 0 Å². The lowest BCUT2D eigenvalue weighted by molar-refractivity contribution is 0.231. The van der Waals surface area contributed by atoms with Crippen molar-refractivity contribution in [3.05, 3.63) is 71.2 Å². The van der Waals surface area contributed by atoms with Crippen molar-refractivity contribution in [2.75, 3.05) is 20.2 Å². The van der Waals surface area contributed by atoms with Gasteiger partial charge in [-0.25, -0.2) is 13.8 Å². The monoisotopic (exact) mass is 360 g/mol. The summed E-state index contributed by atoms with van der Waals surface area (Å²) in [7, 11) is 1.99. The van der Waals surface area contributed by atoms with Gasteiger partial charge in [-0.1, -0.05) is 0 Å². The molecule has 0 aliphatic heterocycles. The maximum absolute atomic E-state index is 13.0. The summed E-state index contributed by atoms with van der Waals surface area (Å²) in [6.45, 7) is 1.93. The highest BCUT2D eigenvalue weighted by Crippen LogP contribution is 2.24. The summed E-state index contributed by atoms with van der Waals surface area (Å²) < 4.78 is 31.4. The van der Waals surface area contributed by atoms with Gasteiger partial charge in [0.15, 0.2) is 0 Å². The van der Waals surface area contributed by atoms with E-state index in [1.165, 1.54) is 24.3 Å². The molecule has 0 saturated heterocycles. The molecule has 0 bridgehead atoms. The minimum Gasteiger partial charge on any atom is -0.492 e. The SMILES string of the molecule is CN(CCOc1ccc(F)cc1)Cc1csc(-c2ccc(F)cc2)n1. The number of halogens is 2. The van der Waals surface area contributed by atoms with Crippen LogP contribution in [0.15, 0.2) is 53.9 Å². The zero-order chi connectivity index (χ0) is 17.6. The third-order valence-corrected chi connectivity index (χ3v) is 4.57.